The fraction of sp³-hybridized carbons (Fsp3) is 0.385. The highest BCUT2D eigenvalue weighted by Gasteiger charge is 2.23. The Labute approximate surface area is 202 Å². The van der Waals surface area contributed by atoms with Crippen LogP contribution < -0.4 is 10.1 Å². The first-order chi connectivity index (χ1) is 16.6. The van der Waals surface area contributed by atoms with Gasteiger partial charge in [0.1, 0.15) is 18.2 Å². The fourth-order valence-corrected chi connectivity index (χ4v) is 5.64. The SMILES string of the molecule is Cc1cccc(F)c1C(=O)Nc1nc2c(s1)-c1cccc(OCCN3CCOCC3)c1CCC2. The number of anilines is 1. The Morgan fingerprint density at radius 2 is 2.03 bits per heavy atom. The molecular formula is C26H28FN3O3S. The van der Waals surface area contributed by atoms with Crippen LogP contribution in [0.15, 0.2) is 36.4 Å². The van der Waals surface area contributed by atoms with E-state index in [-0.39, 0.29) is 5.56 Å². The molecule has 1 N–H and O–H groups in total. The molecule has 1 aromatic heterocycles. The lowest BCUT2D eigenvalue weighted by molar-refractivity contribution is 0.0322. The highest BCUT2D eigenvalue weighted by Crippen LogP contribution is 2.41. The minimum Gasteiger partial charge on any atom is -0.492 e. The van der Waals surface area contributed by atoms with Crippen LogP contribution in [0, 0.1) is 12.7 Å². The van der Waals surface area contributed by atoms with Gasteiger partial charge in [-0.1, -0.05) is 35.6 Å². The monoisotopic (exact) mass is 481 g/mol. The summed E-state index contributed by atoms with van der Waals surface area (Å²) in [6.07, 6.45) is 2.69. The van der Waals surface area contributed by atoms with Crippen LogP contribution in [0.3, 0.4) is 0 Å². The van der Waals surface area contributed by atoms with Crippen molar-refractivity contribution in [3.8, 4) is 16.2 Å². The molecule has 1 amide bonds. The van der Waals surface area contributed by atoms with Crippen molar-refractivity contribution in [2.45, 2.75) is 26.2 Å². The number of thiazole rings is 1. The summed E-state index contributed by atoms with van der Waals surface area (Å²) in [5.41, 5.74) is 3.92. The average molecular weight is 482 g/mol. The Hall–Kier alpha value is -2.81. The van der Waals surface area contributed by atoms with E-state index in [1.54, 1.807) is 19.1 Å². The Morgan fingerprint density at radius 3 is 2.85 bits per heavy atom. The second-order valence-electron chi connectivity index (χ2n) is 8.62. The number of aromatic nitrogens is 1. The zero-order chi connectivity index (χ0) is 23.5. The second kappa shape index (κ2) is 10.2. The van der Waals surface area contributed by atoms with Crippen molar-refractivity contribution in [3.63, 3.8) is 0 Å². The highest BCUT2D eigenvalue weighted by atomic mass is 32.1. The molecule has 2 heterocycles. The normalized spacial score (nSPS) is 15.8. The quantitative estimate of drug-likeness (QED) is 0.553. The second-order valence-corrected chi connectivity index (χ2v) is 9.62. The van der Waals surface area contributed by atoms with E-state index >= 15 is 0 Å². The van der Waals surface area contributed by atoms with Crippen molar-refractivity contribution in [1.82, 2.24) is 9.88 Å². The van der Waals surface area contributed by atoms with Crippen LogP contribution in [-0.4, -0.2) is 55.2 Å². The van der Waals surface area contributed by atoms with Crippen LogP contribution in [0.4, 0.5) is 9.52 Å². The van der Waals surface area contributed by atoms with Crippen LogP contribution in [0.2, 0.25) is 0 Å². The summed E-state index contributed by atoms with van der Waals surface area (Å²) in [7, 11) is 0. The number of morpholine rings is 1. The largest absolute Gasteiger partial charge is 0.492 e. The van der Waals surface area contributed by atoms with Crippen molar-refractivity contribution in [2.75, 3.05) is 44.8 Å². The summed E-state index contributed by atoms with van der Waals surface area (Å²) < 4.78 is 25.9. The van der Waals surface area contributed by atoms with Crippen molar-refractivity contribution in [2.24, 2.45) is 0 Å². The molecule has 8 heteroatoms. The van der Waals surface area contributed by atoms with Gasteiger partial charge in [0.05, 0.1) is 29.3 Å². The van der Waals surface area contributed by atoms with Crippen molar-refractivity contribution >= 4 is 22.4 Å². The van der Waals surface area contributed by atoms with Gasteiger partial charge in [-0.15, -0.1) is 0 Å². The number of nitrogens with one attached hydrogen (secondary N) is 1. The van der Waals surface area contributed by atoms with Crippen LogP contribution in [0.5, 0.6) is 5.75 Å². The summed E-state index contributed by atoms with van der Waals surface area (Å²) in [4.78, 5) is 20.9. The van der Waals surface area contributed by atoms with Crippen LogP contribution in [0.1, 0.15) is 33.6 Å². The van der Waals surface area contributed by atoms with E-state index in [0.717, 1.165) is 74.0 Å². The Morgan fingerprint density at radius 1 is 1.21 bits per heavy atom. The van der Waals surface area contributed by atoms with E-state index < -0.39 is 11.7 Å². The molecule has 0 unspecified atom stereocenters. The number of ether oxygens (including phenoxy) is 2. The lowest BCUT2D eigenvalue weighted by atomic mass is 10.0. The zero-order valence-electron chi connectivity index (χ0n) is 19.2. The molecule has 34 heavy (non-hydrogen) atoms. The van der Waals surface area contributed by atoms with Crippen molar-refractivity contribution < 1.29 is 18.7 Å². The van der Waals surface area contributed by atoms with Gasteiger partial charge in [0.2, 0.25) is 0 Å². The van der Waals surface area contributed by atoms with Crippen molar-refractivity contribution in [1.29, 1.82) is 0 Å². The summed E-state index contributed by atoms with van der Waals surface area (Å²) in [5.74, 6) is -0.0839. The standard InChI is InChI=1S/C26H28FN3O3S/c1-17-5-2-8-20(27)23(17)25(31)29-26-28-21-9-3-6-18-19(24(21)34-26)7-4-10-22(18)33-16-13-30-11-14-32-15-12-30/h2,4-5,7-8,10H,3,6,9,11-16H2,1H3,(H,28,29,31). The van der Waals surface area contributed by atoms with Gasteiger partial charge < -0.3 is 9.47 Å². The highest BCUT2D eigenvalue weighted by molar-refractivity contribution is 7.19. The number of benzene rings is 2. The Balaban J connectivity index is 1.34. The van der Waals surface area contributed by atoms with Gasteiger partial charge in [-0.05, 0) is 43.9 Å². The van der Waals surface area contributed by atoms with Crippen LogP contribution in [0.25, 0.3) is 10.4 Å². The van der Waals surface area contributed by atoms with Gasteiger partial charge in [-0.25, -0.2) is 9.37 Å². The molecule has 2 aromatic carbocycles. The Kier molecular flexibility index (Phi) is 6.89. The maximum absolute atomic E-state index is 14.2. The number of halogens is 1. The zero-order valence-corrected chi connectivity index (χ0v) is 20.0. The predicted molar refractivity (Wildman–Crippen MR) is 131 cm³/mol. The smallest absolute Gasteiger partial charge is 0.260 e. The summed E-state index contributed by atoms with van der Waals surface area (Å²) in [5, 5.41) is 3.30. The molecule has 0 spiro atoms. The molecule has 1 saturated heterocycles. The summed E-state index contributed by atoms with van der Waals surface area (Å²) >= 11 is 1.44. The first-order valence-corrected chi connectivity index (χ1v) is 12.5. The van der Waals surface area contributed by atoms with Crippen LogP contribution >= 0.6 is 11.3 Å². The van der Waals surface area contributed by atoms with E-state index in [1.807, 2.05) is 12.1 Å². The topological polar surface area (TPSA) is 63.7 Å². The molecule has 1 fully saturated rings. The number of fused-ring (bicyclic) bond motifs is 3. The van der Waals surface area contributed by atoms with E-state index in [2.05, 4.69) is 16.3 Å². The Bertz CT molecular complexity index is 1170. The van der Waals surface area contributed by atoms with Gasteiger partial charge in [-0.3, -0.25) is 15.0 Å². The molecule has 3 aromatic rings. The first-order valence-electron chi connectivity index (χ1n) is 11.7. The molecule has 0 bridgehead atoms. The molecule has 2 aliphatic rings. The lowest BCUT2D eigenvalue weighted by Gasteiger charge is -2.26. The van der Waals surface area contributed by atoms with Crippen LogP contribution in [-0.2, 0) is 17.6 Å². The van der Waals surface area contributed by atoms with E-state index in [4.69, 9.17) is 14.5 Å². The van der Waals surface area contributed by atoms with Crippen molar-refractivity contribution in [3.05, 3.63) is 64.6 Å². The molecule has 0 atom stereocenters. The van der Waals surface area contributed by atoms with E-state index in [0.29, 0.717) is 17.3 Å². The number of carbonyl (C=O) groups is 1. The minimum atomic E-state index is -0.528. The minimum absolute atomic E-state index is 0.0595. The molecule has 6 nitrogen and oxygen atoms in total. The first kappa shape index (κ1) is 23.0. The summed E-state index contributed by atoms with van der Waals surface area (Å²) in [6.45, 7) is 6.70. The lowest BCUT2D eigenvalue weighted by Crippen LogP contribution is -2.38. The van der Waals surface area contributed by atoms with Gasteiger partial charge in [0.25, 0.3) is 5.91 Å². The number of hydrogen-bond acceptors (Lipinski definition) is 6. The predicted octanol–water partition coefficient (Wildman–Crippen LogP) is 4.71. The third-order valence-electron chi connectivity index (χ3n) is 6.35. The average Bonchev–Trinajstić information content (AvgIpc) is 3.14. The maximum atomic E-state index is 14.2. The van der Waals surface area contributed by atoms with Gasteiger partial charge in [0, 0.05) is 30.8 Å². The third kappa shape index (κ3) is 4.85. The van der Waals surface area contributed by atoms with Gasteiger partial charge >= 0.3 is 0 Å². The molecule has 0 saturated carbocycles. The molecule has 1 aliphatic carbocycles. The molecule has 178 valence electrons. The molecule has 5 rings (SSSR count). The number of nitrogens with zero attached hydrogens (tertiary/aromatic N) is 2. The molecule has 0 radical (unpaired) electrons. The number of aryl methyl sites for hydroxylation is 2. The molecule has 1 aliphatic heterocycles. The third-order valence-corrected chi connectivity index (χ3v) is 7.40. The van der Waals surface area contributed by atoms with E-state index in [1.165, 1.54) is 23.0 Å². The van der Waals surface area contributed by atoms with E-state index in [9.17, 15) is 9.18 Å². The molecular weight excluding hydrogens is 453 g/mol. The number of hydrogen-bond donors (Lipinski definition) is 1. The number of amides is 1. The fourth-order valence-electron chi connectivity index (χ4n) is 4.58. The van der Waals surface area contributed by atoms with Gasteiger partial charge in [-0.2, -0.15) is 0 Å². The number of carbonyl (C=O) groups excluding carboxylic acids is 1. The summed E-state index contributed by atoms with van der Waals surface area (Å²) in [6, 6.07) is 10.8. The maximum Gasteiger partial charge on any atom is 0.260 e. The number of rotatable bonds is 6. The van der Waals surface area contributed by atoms with Gasteiger partial charge in [0.15, 0.2) is 5.13 Å².